The second-order valence-electron chi connectivity index (χ2n) is 5.96. The fraction of sp³-hybridized carbons (Fsp3) is 0.562. The molecule has 1 nitrogen and oxygen atoms in total. The molecule has 0 radical (unpaired) electrons. The van der Waals surface area contributed by atoms with Crippen molar-refractivity contribution in [1.82, 2.24) is 4.98 Å². The Bertz CT molecular complexity index is 431. The number of allylic oxidation sites excluding steroid dienone is 1. The Morgan fingerprint density at radius 1 is 1.29 bits per heavy atom. The van der Waals surface area contributed by atoms with E-state index < -0.39 is 0 Å². The fourth-order valence-electron chi connectivity index (χ4n) is 4.16. The summed E-state index contributed by atoms with van der Waals surface area (Å²) in [6, 6.07) is 4.43. The van der Waals surface area contributed by atoms with E-state index in [1.807, 2.05) is 0 Å². The van der Waals surface area contributed by atoms with Gasteiger partial charge in [-0.15, -0.1) is 0 Å². The topological polar surface area (TPSA) is 12.9 Å². The van der Waals surface area contributed by atoms with Gasteiger partial charge in [0.25, 0.3) is 0 Å². The minimum atomic E-state index is 0.694. The van der Waals surface area contributed by atoms with E-state index in [0.29, 0.717) is 11.8 Å². The molecule has 1 heterocycles. The number of rotatable bonds is 2. The summed E-state index contributed by atoms with van der Waals surface area (Å²) in [5, 5.41) is 0. The molecule has 0 N–H and O–H groups in total. The maximum absolute atomic E-state index is 4.47. The number of aromatic nitrogens is 1. The summed E-state index contributed by atoms with van der Waals surface area (Å²) in [6.07, 6.45) is 6.33. The molecule has 3 rings (SSSR count). The number of hydrogen-bond donors (Lipinski definition) is 0. The second kappa shape index (κ2) is 3.97. The van der Waals surface area contributed by atoms with E-state index >= 15 is 0 Å². The van der Waals surface area contributed by atoms with E-state index in [-0.39, 0.29) is 0 Å². The number of fused-ring (bicyclic) bond motifs is 2. The van der Waals surface area contributed by atoms with Gasteiger partial charge < -0.3 is 0 Å². The number of pyridine rings is 1. The minimum absolute atomic E-state index is 0.694. The highest BCUT2D eigenvalue weighted by molar-refractivity contribution is 5.27. The van der Waals surface area contributed by atoms with Crippen molar-refractivity contribution in [3.8, 4) is 0 Å². The molecule has 1 aromatic heterocycles. The Morgan fingerprint density at radius 2 is 2.06 bits per heavy atom. The zero-order valence-electron chi connectivity index (χ0n) is 10.8. The van der Waals surface area contributed by atoms with Crippen molar-refractivity contribution in [2.45, 2.75) is 39.0 Å². The first-order valence-corrected chi connectivity index (χ1v) is 6.75. The molecule has 0 aromatic carbocycles. The van der Waals surface area contributed by atoms with Crippen LogP contribution in [-0.4, -0.2) is 4.98 Å². The van der Waals surface area contributed by atoms with Crippen LogP contribution in [-0.2, 0) is 0 Å². The number of hydrogen-bond acceptors (Lipinski definition) is 1. The predicted octanol–water partition coefficient (Wildman–Crippen LogP) is 4.10. The van der Waals surface area contributed by atoms with Gasteiger partial charge in [-0.25, -0.2) is 0 Å². The average molecular weight is 227 g/mol. The highest BCUT2D eigenvalue weighted by Crippen LogP contribution is 2.58. The molecular weight excluding hydrogens is 206 g/mol. The lowest BCUT2D eigenvalue weighted by molar-refractivity contribution is 0.328. The van der Waals surface area contributed by atoms with Crippen molar-refractivity contribution in [2.24, 2.45) is 17.8 Å². The van der Waals surface area contributed by atoms with Gasteiger partial charge in [0.1, 0.15) is 0 Å². The van der Waals surface area contributed by atoms with Crippen molar-refractivity contribution in [3.05, 3.63) is 41.7 Å². The molecule has 4 atom stereocenters. The fourth-order valence-corrected chi connectivity index (χ4v) is 4.16. The van der Waals surface area contributed by atoms with Crippen LogP contribution in [0, 0.1) is 24.7 Å². The largest absolute Gasteiger partial charge is 0.261 e. The summed E-state index contributed by atoms with van der Waals surface area (Å²) in [4.78, 5) is 4.47. The van der Waals surface area contributed by atoms with Crippen LogP contribution in [0.25, 0.3) is 0 Å². The van der Waals surface area contributed by atoms with Crippen molar-refractivity contribution in [1.29, 1.82) is 0 Å². The lowest BCUT2D eigenvalue weighted by atomic mass is 9.73. The summed E-state index contributed by atoms with van der Waals surface area (Å²) >= 11 is 0. The van der Waals surface area contributed by atoms with Crippen LogP contribution in [0.2, 0.25) is 0 Å². The SMILES string of the molecule is C=C(C)C1C2CCC(C2)C1c1ccc(C)nc1. The van der Waals surface area contributed by atoms with E-state index in [0.717, 1.165) is 17.5 Å². The Balaban J connectivity index is 1.95. The maximum Gasteiger partial charge on any atom is 0.0372 e. The maximum atomic E-state index is 4.47. The summed E-state index contributed by atoms with van der Waals surface area (Å²) in [5.74, 6) is 3.17. The van der Waals surface area contributed by atoms with Crippen molar-refractivity contribution < 1.29 is 0 Å². The molecule has 1 heteroatoms. The molecule has 2 bridgehead atoms. The third-order valence-corrected chi connectivity index (χ3v) is 4.80. The van der Waals surface area contributed by atoms with E-state index in [2.05, 4.69) is 43.7 Å². The van der Waals surface area contributed by atoms with Crippen LogP contribution >= 0.6 is 0 Å². The van der Waals surface area contributed by atoms with Gasteiger partial charge in [0.05, 0.1) is 0 Å². The van der Waals surface area contributed by atoms with Gasteiger partial charge in [0, 0.05) is 11.9 Å². The number of nitrogens with zero attached hydrogens (tertiary/aromatic N) is 1. The summed E-state index contributed by atoms with van der Waals surface area (Å²) in [6.45, 7) is 8.49. The van der Waals surface area contributed by atoms with Gasteiger partial charge in [-0.1, -0.05) is 18.2 Å². The highest BCUT2D eigenvalue weighted by Gasteiger charge is 2.48. The summed E-state index contributed by atoms with van der Waals surface area (Å²) in [5.41, 5.74) is 3.93. The van der Waals surface area contributed by atoms with E-state index in [1.165, 1.54) is 30.4 Å². The van der Waals surface area contributed by atoms with Crippen molar-refractivity contribution >= 4 is 0 Å². The first-order chi connectivity index (χ1) is 8.16. The molecule has 0 saturated heterocycles. The Labute approximate surface area is 104 Å². The Kier molecular flexibility index (Phi) is 2.57. The Morgan fingerprint density at radius 3 is 2.71 bits per heavy atom. The van der Waals surface area contributed by atoms with Crippen LogP contribution in [0.5, 0.6) is 0 Å². The molecule has 0 aliphatic heterocycles. The van der Waals surface area contributed by atoms with E-state index in [4.69, 9.17) is 0 Å². The number of aryl methyl sites for hydroxylation is 1. The van der Waals surface area contributed by atoms with Gasteiger partial charge in [0.2, 0.25) is 0 Å². The third-order valence-electron chi connectivity index (χ3n) is 4.80. The van der Waals surface area contributed by atoms with Crippen molar-refractivity contribution in [2.75, 3.05) is 0 Å². The molecule has 0 amide bonds. The molecule has 0 spiro atoms. The van der Waals surface area contributed by atoms with Gasteiger partial charge >= 0.3 is 0 Å². The monoisotopic (exact) mass is 227 g/mol. The molecular formula is C16H21N. The molecule has 2 aliphatic rings. The van der Waals surface area contributed by atoms with Crippen LogP contribution in [0.1, 0.15) is 43.4 Å². The lowest BCUT2D eigenvalue weighted by Gasteiger charge is -2.31. The molecule has 2 aliphatic carbocycles. The first kappa shape index (κ1) is 11.0. The van der Waals surface area contributed by atoms with Gasteiger partial charge in [0.15, 0.2) is 0 Å². The average Bonchev–Trinajstić information content (AvgIpc) is 2.89. The zero-order chi connectivity index (χ0) is 12.0. The normalized spacial score (nSPS) is 35.2. The Hall–Kier alpha value is -1.11. The highest BCUT2D eigenvalue weighted by atomic mass is 14.7. The minimum Gasteiger partial charge on any atom is -0.261 e. The zero-order valence-corrected chi connectivity index (χ0v) is 10.8. The van der Waals surface area contributed by atoms with E-state index in [1.54, 1.807) is 0 Å². The van der Waals surface area contributed by atoms with Crippen LogP contribution in [0.15, 0.2) is 30.5 Å². The standard InChI is InChI=1S/C16H21N/c1-10(2)15-12-6-7-13(8-12)16(15)14-5-4-11(3)17-9-14/h4-5,9,12-13,15-16H,1,6-8H2,2-3H3. The molecule has 17 heavy (non-hydrogen) atoms. The molecule has 2 saturated carbocycles. The molecule has 1 aromatic rings. The van der Waals surface area contributed by atoms with Crippen LogP contribution < -0.4 is 0 Å². The summed E-state index contributed by atoms with van der Waals surface area (Å²) in [7, 11) is 0. The smallest absolute Gasteiger partial charge is 0.0372 e. The lowest BCUT2D eigenvalue weighted by Crippen LogP contribution is -2.21. The van der Waals surface area contributed by atoms with Gasteiger partial charge in [-0.2, -0.15) is 0 Å². The second-order valence-corrected chi connectivity index (χ2v) is 5.96. The molecule has 4 unspecified atom stereocenters. The van der Waals surface area contributed by atoms with Crippen molar-refractivity contribution in [3.63, 3.8) is 0 Å². The summed E-state index contributed by atoms with van der Waals surface area (Å²) < 4.78 is 0. The van der Waals surface area contributed by atoms with Gasteiger partial charge in [-0.3, -0.25) is 4.98 Å². The van der Waals surface area contributed by atoms with E-state index in [9.17, 15) is 0 Å². The van der Waals surface area contributed by atoms with Crippen LogP contribution in [0.4, 0.5) is 0 Å². The molecule has 90 valence electrons. The van der Waals surface area contributed by atoms with Crippen LogP contribution in [0.3, 0.4) is 0 Å². The quantitative estimate of drug-likeness (QED) is 0.693. The predicted molar refractivity (Wildman–Crippen MR) is 70.9 cm³/mol. The third kappa shape index (κ3) is 1.72. The first-order valence-electron chi connectivity index (χ1n) is 6.75. The van der Waals surface area contributed by atoms with Gasteiger partial charge in [-0.05, 0) is 68.4 Å². The molecule has 2 fully saturated rings.